The zero-order valence-corrected chi connectivity index (χ0v) is 11.1. The number of halogens is 1. The molecule has 0 atom stereocenters. The summed E-state index contributed by atoms with van der Waals surface area (Å²) in [7, 11) is 1.46. The lowest BCUT2D eigenvalue weighted by molar-refractivity contribution is 0.209. The van der Waals surface area contributed by atoms with Crippen molar-refractivity contribution >= 4 is 11.6 Å². The molecule has 0 aliphatic carbocycles. The fourth-order valence-corrected chi connectivity index (χ4v) is 1.42. The van der Waals surface area contributed by atoms with E-state index >= 15 is 0 Å². The van der Waals surface area contributed by atoms with Gasteiger partial charge in [-0.25, -0.2) is 0 Å². The van der Waals surface area contributed by atoms with Crippen LogP contribution in [0, 0.1) is 0 Å². The molecular weight excluding hydrogens is 244 g/mol. The molecule has 1 aromatic heterocycles. The topological polar surface area (TPSA) is 60.4 Å². The maximum Gasteiger partial charge on any atom is 0.323 e. The number of ether oxygens (including phenoxy) is 2. The van der Waals surface area contributed by atoms with Crippen molar-refractivity contribution in [1.29, 1.82) is 0 Å². The first-order valence-electron chi connectivity index (χ1n) is 5.50. The minimum atomic E-state index is 0.0645. The molecule has 0 fully saturated rings. The second-order valence-corrected chi connectivity index (χ2v) is 3.59. The Morgan fingerprint density at radius 1 is 1.12 bits per heavy atom. The summed E-state index contributed by atoms with van der Waals surface area (Å²) in [6.07, 6.45) is 0. The minimum Gasteiger partial charge on any atom is -0.467 e. The van der Waals surface area contributed by atoms with E-state index in [2.05, 4.69) is 33.7 Å². The van der Waals surface area contributed by atoms with Gasteiger partial charge in [0.1, 0.15) is 6.61 Å². The molecule has 1 aromatic rings. The Balaban J connectivity index is 2.48. The Kier molecular flexibility index (Phi) is 5.93. The average Bonchev–Trinajstić information content (AvgIpc) is 2.34. The number of hydrogen-bond acceptors (Lipinski definition) is 6. The quantitative estimate of drug-likeness (QED) is 0.736. The number of rotatable bonds is 7. The van der Waals surface area contributed by atoms with E-state index < -0.39 is 0 Å². The first kappa shape index (κ1) is 13.9. The lowest BCUT2D eigenvalue weighted by Gasteiger charge is -2.17. The van der Waals surface area contributed by atoms with Crippen molar-refractivity contribution < 1.29 is 9.47 Å². The molecule has 96 valence electrons. The first-order chi connectivity index (χ1) is 8.19. The van der Waals surface area contributed by atoms with Gasteiger partial charge in [-0.05, 0) is 24.7 Å². The number of methoxy groups -OCH3 is 1. The summed E-state index contributed by atoms with van der Waals surface area (Å²) in [5, 5.41) is 0.0645. The van der Waals surface area contributed by atoms with Gasteiger partial charge in [0.2, 0.25) is 5.28 Å². The molecule has 0 amide bonds. The van der Waals surface area contributed by atoms with E-state index in [0.29, 0.717) is 6.61 Å². The van der Waals surface area contributed by atoms with Crippen LogP contribution in [-0.2, 0) is 0 Å². The second-order valence-electron chi connectivity index (χ2n) is 3.25. The van der Waals surface area contributed by atoms with E-state index in [-0.39, 0.29) is 17.3 Å². The normalized spacial score (nSPS) is 10.6. The minimum absolute atomic E-state index is 0.0645. The molecule has 1 rings (SSSR count). The molecule has 0 aliphatic rings. The van der Waals surface area contributed by atoms with E-state index in [1.165, 1.54) is 7.11 Å². The summed E-state index contributed by atoms with van der Waals surface area (Å²) in [5.41, 5.74) is 0. The fraction of sp³-hybridized carbons (Fsp3) is 0.700. The molecule has 6 nitrogen and oxygen atoms in total. The van der Waals surface area contributed by atoms with Crippen molar-refractivity contribution in [2.75, 3.05) is 33.4 Å². The van der Waals surface area contributed by atoms with Gasteiger partial charge in [-0.15, -0.1) is 4.98 Å². The Morgan fingerprint density at radius 2 is 1.76 bits per heavy atom. The second kappa shape index (κ2) is 7.24. The van der Waals surface area contributed by atoms with Crippen molar-refractivity contribution in [2.24, 2.45) is 0 Å². The third-order valence-electron chi connectivity index (χ3n) is 2.28. The third kappa shape index (κ3) is 4.70. The van der Waals surface area contributed by atoms with Crippen molar-refractivity contribution in [3.8, 4) is 12.0 Å². The van der Waals surface area contributed by atoms with Gasteiger partial charge in [-0.3, -0.25) is 0 Å². The molecule has 17 heavy (non-hydrogen) atoms. The van der Waals surface area contributed by atoms with Crippen molar-refractivity contribution in [2.45, 2.75) is 13.8 Å². The van der Waals surface area contributed by atoms with Crippen LogP contribution < -0.4 is 9.47 Å². The molecule has 0 aliphatic heterocycles. The Hall–Kier alpha value is -1.14. The molecule has 0 saturated carbocycles. The van der Waals surface area contributed by atoms with Crippen molar-refractivity contribution in [3.63, 3.8) is 0 Å². The lowest BCUT2D eigenvalue weighted by Crippen LogP contribution is -2.28. The van der Waals surface area contributed by atoms with E-state index in [1.807, 2.05) is 0 Å². The predicted octanol–water partition coefficient (Wildman–Crippen LogP) is 1.25. The van der Waals surface area contributed by atoms with Gasteiger partial charge >= 0.3 is 12.0 Å². The van der Waals surface area contributed by atoms with Crippen LogP contribution in [-0.4, -0.2) is 53.2 Å². The average molecular weight is 261 g/mol. The van der Waals surface area contributed by atoms with Crippen LogP contribution in [0.25, 0.3) is 0 Å². The summed E-state index contributed by atoms with van der Waals surface area (Å²) >= 11 is 5.69. The summed E-state index contributed by atoms with van der Waals surface area (Å²) in [4.78, 5) is 13.8. The standard InChI is InChI=1S/C10H17ClN4O2/c1-4-15(5-2)6-7-17-10-13-8(11)12-9(14-10)16-3/h4-7H2,1-3H3. The molecule has 1 heterocycles. The smallest absolute Gasteiger partial charge is 0.323 e. The van der Waals surface area contributed by atoms with E-state index in [4.69, 9.17) is 21.1 Å². The van der Waals surface area contributed by atoms with Gasteiger partial charge < -0.3 is 14.4 Å². The maximum atomic E-state index is 5.69. The highest BCUT2D eigenvalue weighted by Crippen LogP contribution is 2.12. The van der Waals surface area contributed by atoms with Crippen molar-refractivity contribution in [3.05, 3.63) is 5.28 Å². The summed E-state index contributed by atoms with van der Waals surface area (Å²) in [6, 6.07) is 0.344. The number of hydrogen-bond donors (Lipinski definition) is 0. The molecule has 7 heteroatoms. The molecule has 0 unspecified atom stereocenters. The summed E-state index contributed by atoms with van der Waals surface area (Å²) in [6.45, 7) is 7.50. The van der Waals surface area contributed by atoms with Crippen LogP contribution in [0.2, 0.25) is 5.28 Å². The van der Waals surface area contributed by atoms with Crippen LogP contribution in [0.4, 0.5) is 0 Å². The van der Waals surface area contributed by atoms with Gasteiger partial charge in [-0.2, -0.15) is 9.97 Å². The highest BCUT2D eigenvalue weighted by Gasteiger charge is 2.06. The molecule has 0 aromatic carbocycles. The summed E-state index contributed by atoms with van der Waals surface area (Å²) in [5.74, 6) is 0. The van der Waals surface area contributed by atoms with E-state index in [1.54, 1.807) is 0 Å². The van der Waals surface area contributed by atoms with Crippen LogP contribution in [0.5, 0.6) is 12.0 Å². The zero-order chi connectivity index (χ0) is 12.7. The van der Waals surface area contributed by atoms with Gasteiger partial charge in [0.15, 0.2) is 0 Å². The highest BCUT2D eigenvalue weighted by atomic mass is 35.5. The van der Waals surface area contributed by atoms with Crippen molar-refractivity contribution in [1.82, 2.24) is 19.9 Å². The Labute approximate surface area is 106 Å². The molecular formula is C10H17ClN4O2. The fourth-order valence-electron chi connectivity index (χ4n) is 1.28. The largest absolute Gasteiger partial charge is 0.467 e. The van der Waals surface area contributed by atoms with Gasteiger partial charge in [-0.1, -0.05) is 13.8 Å². The van der Waals surface area contributed by atoms with E-state index in [0.717, 1.165) is 19.6 Å². The predicted molar refractivity (Wildman–Crippen MR) is 64.7 cm³/mol. The first-order valence-corrected chi connectivity index (χ1v) is 5.88. The monoisotopic (exact) mass is 260 g/mol. The van der Waals surface area contributed by atoms with Crippen LogP contribution in [0.15, 0.2) is 0 Å². The molecule has 0 saturated heterocycles. The van der Waals surface area contributed by atoms with Gasteiger partial charge in [0, 0.05) is 6.54 Å². The number of nitrogens with zero attached hydrogens (tertiary/aromatic N) is 4. The van der Waals surface area contributed by atoms with Crippen LogP contribution >= 0.6 is 11.6 Å². The molecule has 0 N–H and O–H groups in total. The van der Waals surface area contributed by atoms with Gasteiger partial charge in [0.25, 0.3) is 0 Å². The maximum absolute atomic E-state index is 5.69. The SMILES string of the molecule is CCN(CC)CCOc1nc(Cl)nc(OC)n1. The number of likely N-dealkylation sites (N-methyl/N-ethyl adjacent to an activating group) is 1. The van der Waals surface area contributed by atoms with Crippen LogP contribution in [0.3, 0.4) is 0 Å². The number of aromatic nitrogens is 3. The van der Waals surface area contributed by atoms with Crippen LogP contribution in [0.1, 0.15) is 13.8 Å². The molecule has 0 radical (unpaired) electrons. The zero-order valence-electron chi connectivity index (χ0n) is 10.3. The summed E-state index contributed by atoms with van der Waals surface area (Å²) < 4.78 is 10.3. The van der Waals surface area contributed by atoms with E-state index in [9.17, 15) is 0 Å². The molecule has 0 spiro atoms. The lowest BCUT2D eigenvalue weighted by atomic mass is 10.5. The Bertz CT molecular complexity index is 347. The third-order valence-corrected chi connectivity index (χ3v) is 2.45. The van der Waals surface area contributed by atoms with Gasteiger partial charge in [0.05, 0.1) is 7.11 Å². The highest BCUT2D eigenvalue weighted by molar-refractivity contribution is 6.28. The molecule has 0 bridgehead atoms. The Morgan fingerprint density at radius 3 is 2.35 bits per heavy atom.